The second-order valence-electron chi connectivity index (χ2n) is 9.15. The van der Waals surface area contributed by atoms with E-state index in [0.29, 0.717) is 38.5 Å². The van der Waals surface area contributed by atoms with E-state index in [9.17, 15) is 13.2 Å². The molecule has 31 heavy (non-hydrogen) atoms. The van der Waals surface area contributed by atoms with Gasteiger partial charge in [-0.05, 0) is 57.6 Å². The van der Waals surface area contributed by atoms with Gasteiger partial charge in [0.25, 0.3) is 0 Å². The summed E-state index contributed by atoms with van der Waals surface area (Å²) in [5.41, 5.74) is 1.93. The minimum Gasteiger partial charge on any atom is -0.356 e. The summed E-state index contributed by atoms with van der Waals surface area (Å²) in [7, 11) is -3.34. The molecule has 1 N–H and O–H groups in total. The van der Waals surface area contributed by atoms with Crippen molar-refractivity contribution in [3.05, 3.63) is 35.4 Å². The van der Waals surface area contributed by atoms with Crippen LogP contribution in [-0.2, 0) is 20.6 Å². The van der Waals surface area contributed by atoms with Gasteiger partial charge in [-0.15, -0.1) is 0 Å². The van der Waals surface area contributed by atoms with E-state index in [2.05, 4.69) is 17.1 Å². The van der Waals surface area contributed by atoms with Crippen molar-refractivity contribution in [2.24, 2.45) is 5.92 Å². The van der Waals surface area contributed by atoms with E-state index < -0.39 is 10.0 Å². The maximum absolute atomic E-state index is 12.7. The highest BCUT2D eigenvalue weighted by Crippen LogP contribution is 2.22. The van der Waals surface area contributed by atoms with Crippen LogP contribution in [0.1, 0.15) is 63.0 Å². The van der Waals surface area contributed by atoms with Gasteiger partial charge in [-0.3, -0.25) is 4.79 Å². The van der Waals surface area contributed by atoms with Crippen LogP contribution in [0.3, 0.4) is 0 Å². The lowest BCUT2D eigenvalue weighted by atomic mass is 9.97. The van der Waals surface area contributed by atoms with Gasteiger partial charge >= 0.3 is 0 Å². The number of aryl methyl sites for hydroxylation is 1. The van der Waals surface area contributed by atoms with E-state index in [1.807, 2.05) is 31.2 Å². The number of hydrogen-bond acceptors (Lipinski definition) is 4. The summed E-state index contributed by atoms with van der Waals surface area (Å²) in [6.45, 7) is 8.05. The van der Waals surface area contributed by atoms with Gasteiger partial charge in [-0.2, -0.15) is 0 Å². The molecule has 1 atom stereocenters. The Kier molecular flexibility index (Phi) is 8.93. The predicted molar refractivity (Wildman–Crippen MR) is 125 cm³/mol. The summed E-state index contributed by atoms with van der Waals surface area (Å²) in [6, 6.07) is 8.33. The van der Waals surface area contributed by atoms with Crippen molar-refractivity contribution >= 4 is 15.9 Å². The largest absolute Gasteiger partial charge is 0.356 e. The van der Waals surface area contributed by atoms with E-state index in [1.165, 1.54) is 32.2 Å². The lowest BCUT2D eigenvalue weighted by Gasteiger charge is -2.35. The molecule has 0 bridgehead atoms. The zero-order valence-corrected chi connectivity index (χ0v) is 20.0. The number of nitrogens with zero attached hydrogens (tertiary/aromatic N) is 2. The number of likely N-dealkylation sites (tertiary alicyclic amines) is 1. The van der Waals surface area contributed by atoms with Crippen LogP contribution in [0.25, 0.3) is 0 Å². The Hall–Kier alpha value is -1.44. The average molecular weight is 450 g/mol. The monoisotopic (exact) mass is 449 g/mol. The van der Waals surface area contributed by atoms with Crippen LogP contribution in [-0.4, -0.2) is 62.3 Å². The maximum atomic E-state index is 12.7. The third-order valence-electron chi connectivity index (χ3n) is 6.83. The Labute approximate surface area is 188 Å². The average Bonchev–Trinajstić information content (AvgIpc) is 2.78. The summed E-state index contributed by atoms with van der Waals surface area (Å²) in [5.74, 6) is 0.0322. The molecule has 0 unspecified atom stereocenters. The van der Waals surface area contributed by atoms with Crippen LogP contribution < -0.4 is 5.32 Å². The fourth-order valence-corrected chi connectivity index (χ4v) is 6.40. The van der Waals surface area contributed by atoms with Crippen molar-refractivity contribution in [2.75, 3.05) is 32.7 Å². The molecule has 2 fully saturated rings. The molecule has 3 rings (SSSR count). The van der Waals surface area contributed by atoms with Gasteiger partial charge in [0, 0.05) is 38.1 Å². The first kappa shape index (κ1) is 24.2. The molecule has 0 aliphatic carbocycles. The molecule has 1 aromatic rings. The Bertz CT molecular complexity index is 802. The molecule has 174 valence electrons. The molecule has 2 aliphatic rings. The number of benzene rings is 1. The van der Waals surface area contributed by atoms with Gasteiger partial charge < -0.3 is 10.2 Å². The van der Waals surface area contributed by atoms with Gasteiger partial charge in [0.2, 0.25) is 15.9 Å². The van der Waals surface area contributed by atoms with Gasteiger partial charge in [0.15, 0.2) is 0 Å². The third kappa shape index (κ3) is 7.02. The summed E-state index contributed by atoms with van der Waals surface area (Å²) in [6.07, 6.45) is 7.31. The molecule has 1 amide bonds. The van der Waals surface area contributed by atoms with Crippen LogP contribution in [0.15, 0.2) is 24.3 Å². The molecule has 6 nitrogen and oxygen atoms in total. The van der Waals surface area contributed by atoms with Crippen molar-refractivity contribution < 1.29 is 13.2 Å². The minimum atomic E-state index is -3.34. The number of carbonyl (C=O) groups is 1. The summed E-state index contributed by atoms with van der Waals surface area (Å²) < 4.78 is 27.1. The topological polar surface area (TPSA) is 69.7 Å². The Morgan fingerprint density at radius 3 is 2.45 bits per heavy atom. The lowest BCUT2D eigenvalue weighted by Crippen LogP contribution is -2.44. The molecule has 0 aromatic heterocycles. The standard InChI is InChI=1S/C24H39N3O3S/c1-3-23-7-4-5-15-26(23)16-6-14-25-24(28)22-12-17-27(18-13-22)31(29,30)19-21-10-8-20(2)9-11-21/h8-11,22-23H,3-7,12-19H2,1-2H3,(H,25,28)/t23-/m0/s1. The van der Waals surface area contributed by atoms with E-state index in [1.54, 1.807) is 4.31 Å². The first-order valence-electron chi connectivity index (χ1n) is 11.9. The second-order valence-corrected chi connectivity index (χ2v) is 11.1. The van der Waals surface area contributed by atoms with Crippen molar-refractivity contribution in [2.45, 2.75) is 70.6 Å². The van der Waals surface area contributed by atoms with Crippen molar-refractivity contribution in [3.8, 4) is 0 Å². The predicted octanol–water partition coefficient (Wildman–Crippen LogP) is 3.31. The van der Waals surface area contributed by atoms with Gasteiger partial charge in [-0.1, -0.05) is 43.2 Å². The third-order valence-corrected chi connectivity index (χ3v) is 8.68. The van der Waals surface area contributed by atoms with Crippen LogP contribution in [0.5, 0.6) is 0 Å². The molecule has 2 aliphatic heterocycles. The van der Waals surface area contributed by atoms with Crippen LogP contribution in [0, 0.1) is 12.8 Å². The van der Waals surface area contributed by atoms with Gasteiger partial charge in [-0.25, -0.2) is 12.7 Å². The molecule has 2 heterocycles. The fraction of sp³-hybridized carbons (Fsp3) is 0.708. The minimum absolute atomic E-state index is 0.0272. The van der Waals surface area contributed by atoms with Crippen molar-refractivity contribution in [3.63, 3.8) is 0 Å². The SMILES string of the molecule is CC[C@H]1CCCCN1CCCNC(=O)C1CCN(S(=O)(=O)Cc2ccc(C)cc2)CC1. The number of nitrogens with one attached hydrogen (secondary N) is 1. The van der Waals surface area contributed by atoms with Gasteiger partial charge in [0.1, 0.15) is 0 Å². The number of rotatable bonds is 9. The number of sulfonamides is 1. The van der Waals surface area contributed by atoms with Crippen molar-refractivity contribution in [1.29, 1.82) is 0 Å². The zero-order valence-electron chi connectivity index (χ0n) is 19.2. The van der Waals surface area contributed by atoms with Crippen molar-refractivity contribution in [1.82, 2.24) is 14.5 Å². The fourth-order valence-electron chi connectivity index (χ4n) is 4.84. The first-order chi connectivity index (χ1) is 14.9. The maximum Gasteiger partial charge on any atom is 0.223 e. The molecule has 2 saturated heterocycles. The van der Waals surface area contributed by atoms with E-state index in [4.69, 9.17) is 0 Å². The summed E-state index contributed by atoms with van der Waals surface area (Å²) in [5, 5.41) is 3.09. The van der Waals surface area contributed by atoms with E-state index >= 15 is 0 Å². The number of carbonyl (C=O) groups excluding carboxylic acids is 1. The smallest absolute Gasteiger partial charge is 0.223 e. The second kappa shape index (κ2) is 11.4. The van der Waals surface area contributed by atoms with Crippen LogP contribution >= 0.6 is 0 Å². The summed E-state index contributed by atoms with van der Waals surface area (Å²) in [4.78, 5) is 15.1. The van der Waals surface area contributed by atoms with Crippen LogP contribution in [0.2, 0.25) is 0 Å². The number of amides is 1. The summed E-state index contributed by atoms with van der Waals surface area (Å²) >= 11 is 0. The Balaban J connectivity index is 1.37. The van der Waals surface area contributed by atoms with E-state index in [-0.39, 0.29) is 17.6 Å². The normalized spacial score (nSPS) is 21.8. The quantitative estimate of drug-likeness (QED) is 0.587. The zero-order chi connectivity index (χ0) is 22.3. The number of piperidine rings is 2. The number of hydrogen-bond donors (Lipinski definition) is 1. The molecule has 0 saturated carbocycles. The molecule has 7 heteroatoms. The molecular weight excluding hydrogens is 410 g/mol. The highest BCUT2D eigenvalue weighted by molar-refractivity contribution is 7.88. The first-order valence-corrected chi connectivity index (χ1v) is 13.5. The molecule has 1 aromatic carbocycles. The van der Waals surface area contributed by atoms with E-state index in [0.717, 1.165) is 24.1 Å². The Morgan fingerprint density at radius 1 is 1.06 bits per heavy atom. The highest BCUT2D eigenvalue weighted by Gasteiger charge is 2.31. The molecule has 0 radical (unpaired) electrons. The molecule has 0 spiro atoms. The van der Waals surface area contributed by atoms with Crippen LogP contribution in [0.4, 0.5) is 0 Å². The Morgan fingerprint density at radius 2 is 1.77 bits per heavy atom. The molecular formula is C24H39N3O3S. The van der Waals surface area contributed by atoms with Gasteiger partial charge in [0.05, 0.1) is 5.75 Å². The lowest BCUT2D eigenvalue weighted by molar-refractivity contribution is -0.126. The highest BCUT2D eigenvalue weighted by atomic mass is 32.2.